The molecule has 0 amide bonds. The van der Waals surface area contributed by atoms with Crippen LogP contribution in [-0.2, 0) is 11.4 Å². The standard InChI is InChI=1S/C22H22N6O3/c1-14-10-15(2)28(26-14)20-9-6-17(11-24-20)21(23)27-31-13-18-12-30-22(25-18)16-4-7-19(29-3)8-5-16/h4-12H,13H2,1-3H3,(H2,23,27). The predicted octanol–water partition coefficient (Wildman–Crippen LogP) is 3.38. The normalized spacial score (nSPS) is 11.5. The lowest BCUT2D eigenvalue weighted by Gasteiger charge is -2.05. The second-order valence-electron chi connectivity index (χ2n) is 6.87. The monoisotopic (exact) mass is 418 g/mol. The van der Waals surface area contributed by atoms with Crippen molar-refractivity contribution >= 4 is 5.84 Å². The molecule has 0 fully saturated rings. The number of nitrogens with two attached hydrogens (primary N) is 1. The molecule has 0 radical (unpaired) electrons. The van der Waals surface area contributed by atoms with E-state index in [1.54, 1.807) is 18.0 Å². The van der Waals surface area contributed by atoms with E-state index >= 15 is 0 Å². The van der Waals surface area contributed by atoms with Crippen LogP contribution in [-0.4, -0.2) is 32.7 Å². The van der Waals surface area contributed by atoms with E-state index in [0.717, 1.165) is 22.7 Å². The van der Waals surface area contributed by atoms with E-state index in [4.69, 9.17) is 19.7 Å². The minimum atomic E-state index is 0.123. The second kappa shape index (κ2) is 8.70. The molecule has 0 bridgehead atoms. The average molecular weight is 418 g/mol. The molecule has 4 aromatic rings. The molecule has 0 unspecified atom stereocenters. The van der Waals surface area contributed by atoms with E-state index in [1.165, 1.54) is 6.26 Å². The van der Waals surface area contributed by atoms with Crippen molar-refractivity contribution in [1.82, 2.24) is 19.7 Å². The number of rotatable bonds is 7. The Bertz CT molecular complexity index is 1190. The zero-order valence-electron chi connectivity index (χ0n) is 17.4. The van der Waals surface area contributed by atoms with Crippen molar-refractivity contribution in [2.24, 2.45) is 10.9 Å². The van der Waals surface area contributed by atoms with Crippen molar-refractivity contribution < 1.29 is 14.0 Å². The van der Waals surface area contributed by atoms with Gasteiger partial charge in [0.25, 0.3) is 0 Å². The fourth-order valence-electron chi connectivity index (χ4n) is 2.98. The number of aryl methyl sites for hydroxylation is 2. The number of nitrogens with zero attached hydrogens (tertiary/aromatic N) is 5. The first-order valence-electron chi connectivity index (χ1n) is 9.58. The van der Waals surface area contributed by atoms with E-state index in [1.807, 2.05) is 56.3 Å². The van der Waals surface area contributed by atoms with Gasteiger partial charge in [0.05, 0.1) is 12.8 Å². The van der Waals surface area contributed by atoms with E-state index in [2.05, 4.69) is 20.2 Å². The number of benzene rings is 1. The van der Waals surface area contributed by atoms with Gasteiger partial charge in [0.1, 0.15) is 17.7 Å². The Morgan fingerprint density at radius 3 is 2.61 bits per heavy atom. The molecule has 0 aliphatic rings. The van der Waals surface area contributed by atoms with Crippen LogP contribution < -0.4 is 10.5 Å². The molecule has 0 spiro atoms. The molecule has 31 heavy (non-hydrogen) atoms. The number of aromatic nitrogens is 4. The molecular weight excluding hydrogens is 396 g/mol. The summed E-state index contributed by atoms with van der Waals surface area (Å²) in [5.74, 6) is 2.17. The van der Waals surface area contributed by atoms with Crippen LogP contribution in [0.4, 0.5) is 0 Å². The average Bonchev–Trinajstić information content (AvgIpc) is 3.39. The van der Waals surface area contributed by atoms with Gasteiger partial charge in [-0.15, -0.1) is 0 Å². The Morgan fingerprint density at radius 1 is 1.16 bits per heavy atom. The fourth-order valence-corrected chi connectivity index (χ4v) is 2.98. The lowest BCUT2D eigenvalue weighted by molar-refractivity contribution is 0.127. The largest absolute Gasteiger partial charge is 0.497 e. The topological polar surface area (TPSA) is 114 Å². The number of amidine groups is 1. The molecular formula is C22H22N6O3. The van der Waals surface area contributed by atoms with Gasteiger partial charge in [0.15, 0.2) is 18.3 Å². The number of oxazole rings is 1. The molecule has 4 rings (SSSR count). The van der Waals surface area contributed by atoms with Crippen molar-refractivity contribution in [3.8, 4) is 23.0 Å². The predicted molar refractivity (Wildman–Crippen MR) is 115 cm³/mol. The highest BCUT2D eigenvalue weighted by molar-refractivity contribution is 5.96. The summed E-state index contributed by atoms with van der Waals surface area (Å²) in [4.78, 5) is 14.1. The highest BCUT2D eigenvalue weighted by Gasteiger charge is 2.09. The number of oxime groups is 1. The lowest BCUT2D eigenvalue weighted by atomic mass is 10.2. The SMILES string of the molecule is COc1ccc(-c2nc(CO/N=C(/N)c3ccc(-n4nc(C)cc4C)nc3)co2)cc1. The first-order chi connectivity index (χ1) is 15.0. The highest BCUT2D eigenvalue weighted by Crippen LogP contribution is 2.22. The van der Waals surface area contributed by atoms with Gasteiger partial charge in [0.2, 0.25) is 5.89 Å². The van der Waals surface area contributed by atoms with Crippen LogP contribution in [0, 0.1) is 13.8 Å². The molecule has 3 heterocycles. The third kappa shape index (κ3) is 4.55. The van der Waals surface area contributed by atoms with Crippen LogP contribution >= 0.6 is 0 Å². The van der Waals surface area contributed by atoms with Gasteiger partial charge in [-0.25, -0.2) is 14.6 Å². The first-order valence-corrected chi connectivity index (χ1v) is 9.58. The van der Waals surface area contributed by atoms with Crippen molar-refractivity contribution in [1.29, 1.82) is 0 Å². The summed E-state index contributed by atoms with van der Waals surface area (Å²) in [6.45, 7) is 4.04. The maximum atomic E-state index is 6.01. The third-order valence-electron chi connectivity index (χ3n) is 4.53. The zero-order chi connectivity index (χ0) is 21.8. The summed E-state index contributed by atoms with van der Waals surface area (Å²) in [6, 6.07) is 13.1. The maximum absolute atomic E-state index is 6.01. The van der Waals surface area contributed by atoms with E-state index in [-0.39, 0.29) is 12.4 Å². The van der Waals surface area contributed by atoms with E-state index in [0.29, 0.717) is 23.0 Å². The van der Waals surface area contributed by atoms with Gasteiger partial charge in [0, 0.05) is 23.0 Å². The molecule has 0 aliphatic carbocycles. The Labute approximate surface area is 179 Å². The van der Waals surface area contributed by atoms with Crippen LogP contribution in [0.1, 0.15) is 22.6 Å². The summed E-state index contributed by atoms with van der Waals surface area (Å²) < 4.78 is 12.4. The summed E-state index contributed by atoms with van der Waals surface area (Å²) in [6.07, 6.45) is 3.15. The number of ether oxygens (including phenoxy) is 1. The molecule has 9 heteroatoms. The molecule has 1 aromatic carbocycles. The molecule has 0 saturated heterocycles. The summed E-state index contributed by atoms with van der Waals surface area (Å²) in [7, 11) is 1.62. The van der Waals surface area contributed by atoms with E-state index in [9.17, 15) is 0 Å². The fraction of sp³-hybridized carbons (Fsp3) is 0.182. The molecule has 0 saturated carbocycles. The van der Waals surface area contributed by atoms with Crippen molar-refractivity contribution in [3.05, 3.63) is 77.6 Å². The molecule has 0 atom stereocenters. The lowest BCUT2D eigenvalue weighted by Crippen LogP contribution is -2.15. The Morgan fingerprint density at radius 2 is 1.97 bits per heavy atom. The van der Waals surface area contributed by atoms with Crippen molar-refractivity contribution in [3.63, 3.8) is 0 Å². The van der Waals surface area contributed by atoms with Gasteiger partial charge in [-0.3, -0.25) is 0 Å². The number of methoxy groups -OCH3 is 1. The minimum Gasteiger partial charge on any atom is -0.497 e. The third-order valence-corrected chi connectivity index (χ3v) is 4.53. The van der Waals surface area contributed by atoms with Crippen LogP contribution in [0.2, 0.25) is 0 Å². The molecule has 0 aliphatic heterocycles. The Hall–Kier alpha value is -4.14. The van der Waals surface area contributed by atoms with Gasteiger partial charge in [-0.1, -0.05) is 5.16 Å². The van der Waals surface area contributed by atoms with Crippen LogP contribution in [0.25, 0.3) is 17.3 Å². The van der Waals surface area contributed by atoms with Gasteiger partial charge in [-0.2, -0.15) is 5.10 Å². The van der Waals surface area contributed by atoms with Crippen molar-refractivity contribution in [2.75, 3.05) is 7.11 Å². The number of hydrogen-bond acceptors (Lipinski definition) is 7. The Balaban J connectivity index is 1.37. The van der Waals surface area contributed by atoms with Gasteiger partial charge in [-0.05, 0) is 56.3 Å². The van der Waals surface area contributed by atoms with Gasteiger partial charge >= 0.3 is 0 Å². The van der Waals surface area contributed by atoms with Gasteiger partial charge < -0.3 is 19.7 Å². The van der Waals surface area contributed by atoms with Crippen molar-refractivity contribution in [2.45, 2.75) is 20.5 Å². The zero-order valence-corrected chi connectivity index (χ0v) is 17.4. The minimum absolute atomic E-state index is 0.123. The molecule has 3 aromatic heterocycles. The molecule has 2 N–H and O–H groups in total. The summed E-state index contributed by atoms with van der Waals surface area (Å²) in [5, 5.41) is 8.37. The smallest absolute Gasteiger partial charge is 0.226 e. The van der Waals surface area contributed by atoms with Crippen LogP contribution in [0.5, 0.6) is 5.75 Å². The van der Waals surface area contributed by atoms with Crippen LogP contribution in [0.15, 0.2) is 64.5 Å². The number of hydrogen-bond donors (Lipinski definition) is 1. The first kappa shape index (κ1) is 20.1. The number of pyridine rings is 1. The van der Waals surface area contributed by atoms with Crippen LogP contribution in [0.3, 0.4) is 0 Å². The van der Waals surface area contributed by atoms with E-state index < -0.39 is 0 Å². The maximum Gasteiger partial charge on any atom is 0.226 e. The molecule has 158 valence electrons. The quantitative estimate of drug-likeness (QED) is 0.278. The Kier molecular flexibility index (Phi) is 5.65. The summed E-state index contributed by atoms with van der Waals surface area (Å²) in [5.41, 5.74) is 10.0. The summed E-state index contributed by atoms with van der Waals surface area (Å²) >= 11 is 0. The molecule has 9 nitrogen and oxygen atoms in total. The second-order valence-corrected chi connectivity index (χ2v) is 6.87. The highest BCUT2D eigenvalue weighted by atomic mass is 16.6.